The molecule has 4 rings (SSSR count). The van der Waals surface area contributed by atoms with E-state index in [1.54, 1.807) is 26.6 Å². The highest BCUT2D eigenvalue weighted by Crippen LogP contribution is 2.36. The Morgan fingerprint density at radius 2 is 1.93 bits per heavy atom. The highest BCUT2D eigenvalue weighted by atomic mass is 16.5. The van der Waals surface area contributed by atoms with Crippen LogP contribution < -0.4 is 9.47 Å². The molecular weight excluding hydrogens is 380 g/mol. The number of amides is 1. The predicted octanol–water partition coefficient (Wildman–Crippen LogP) is 3.79. The van der Waals surface area contributed by atoms with Crippen molar-refractivity contribution in [2.75, 3.05) is 20.8 Å². The second kappa shape index (κ2) is 8.98. The minimum atomic E-state index is -0.0166. The minimum Gasteiger partial charge on any atom is -0.493 e. The van der Waals surface area contributed by atoms with Crippen molar-refractivity contribution >= 4 is 5.91 Å². The van der Waals surface area contributed by atoms with Gasteiger partial charge in [-0.3, -0.25) is 14.9 Å². The summed E-state index contributed by atoms with van der Waals surface area (Å²) in [6, 6.07) is 9.54. The maximum atomic E-state index is 13.3. The first-order chi connectivity index (χ1) is 14.7. The number of piperidine rings is 1. The van der Waals surface area contributed by atoms with Gasteiger partial charge in [-0.1, -0.05) is 6.07 Å². The topological polar surface area (TPSA) is 80.3 Å². The molecule has 30 heavy (non-hydrogen) atoms. The van der Waals surface area contributed by atoms with Crippen LogP contribution in [0.5, 0.6) is 11.5 Å². The van der Waals surface area contributed by atoms with Gasteiger partial charge in [-0.2, -0.15) is 5.10 Å². The molecule has 2 aromatic heterocycles. The van der Waals surface area contributed by atoms with Crippen LogP contribution in [0.25, 0.3) is 11.1 Å². The van der Waals surface area contributed by atoms with Crippen molar-refractivity contribution in [1.29, 1.82) is 0 Å². The quantitative estimate of drug-likeness (QED) is 0.674. The van der Waals surface area contributed by atoms with Crippen molar-refractivity contribution in [3.8, 4) is 22.6 Å². The van der Waals surface area contributed by atoms with Crippen molar-refractivity contribution < 1.29 is 14.3 Å². The summed E-state index contributed by atoms with van der Waals surface area (Å²) in [5, 5.41) is 7.43. The fraction of sp³-hybridized carbons (Fsp3) is 0.348. The number of nitrogens with one attached hydrogen (secondary N) is 1. The summed E-state index contributed by atoms with van der Waals surface area (Å²) in [6.45, 7) is 0.742. The summed E-state index contributed by atoms with van der Waals surface area (Å²) in [5.41, 5.74) is 3.96. The molecule has 1 saturated heterocycles. The normalized spacial score (nSPS) is 16.3. The molecule has 0 bridgehead atoms. The van der Waals surface area contributed by atoms with Gasteiger partial charge in [0.05, 0.1) is 38.6 Å². The van der Waals surface area contributed by atoms with E-state index in [-0.39, 0.29) is 11.9 Å². The molecule has 7 heteroatoms. The molecule has 0 unspecified atom stereocenters. The Balaban J connectivity index is 1.58. The van der Waals surface area contributed by atoms with Crippen LogP contribution in [0.2, 0.25) is 0 Å². The molecule has 1 aliphatic rings. The van der Waals surface area contributed by atoms with Crippen LogP contribution in [0.3, 0.4) is 0 Å². The summed E-state index contributed by atoms with van der Waals surface area (Å²) in [7, 11) is 3.20. The first-order valence-corrected chi connectivity index (χ1v) is 10.1. The van der Waals surface area contributed by atoms with Crippen molar-refractivity contribution in [3.05, 3.63) is 60.2 Å². The maximum Gasteiger partial charge on any atom is 0.227 e. The molecule has 3 heterocycles. The van der Waals surface area contributed by atoms with E-state index in [0.29, 0.717) is 17.9 Å². The lowest BCUT2D eigenvalue weighted by molar-refractivity contribution is -0.134. The molecule has 0 aliphatic carbocycles. The number of aromatic nitrogens is 3. The van der Waals surface area contributed by atoms with Gasteiger partial charge in [0.1, 0.15) is 0 Å². The van der Waals surface area contributed by atoms with Gasteiger partial charge in [-0.05, 0) is 54.7 Å². The Morgan fingerprint density at radius 3 is 2.70 bits per heavy atom. The zero-order valence-electron chi connectivity index (χ0n) is 17.3. The van der Waals surface area contributed by atoms with E-state index < -0.39 is 0 Å². The van der Waals surface area contributed by atoms with Crippen LogP contribution in [-0.4, -0.2) is 46.8 Å². The van der Waals surface area contributed by atoms with E-state index >= 15 is 0 Å². The van der Waals surface area contributed by atoms with Crippen LogP contribution in [0.1, 0.15) is 36.6 Å². The number of carbonyl (C=O) groups excluding carboxylic acids is 1. The summed E-state index contributed by atoms with van der Waals surface area (Å²) in [5.74, 6) is 1.39. The van der Waals surface area contributed by atoms with E-state index in [1.807, 2.05) is 41.4 Å². The van der Waals surface area contributed by atoms with Gasteiger partial charge in [0, 0.05) is 24.5 Å². The molecule has 0 radical (unpaired) electrons. The zero-order valence-corrected chi connectivity index (χ0v) is 17.3. The first-order valence-electron chi connectivity index (χ1n) is 10.1. The van der Waals surface area contributed by atoms with Gasteiger partial charge in [0.25, 0.3) is 0 Å². The number of hydrogen-bond acceptors (Lipinski definition) is 5. The second-order valence-electron chi connectivity index (χ2n) is 7.40. The maximum absolute atomic E-state index is 13.3. The average molecular weight is 406 g/mol. The van der Waals surface area contributed by atoms with Gasteiger partial charge >= 0.3 is 0 Å². The summed E-state index contributed by atoms with van der Waals surface area (Å²) in [6.07, 6.45) is 8.69. The van der Waals surface area contributed by atoms with Crippen LogP contribution in [0.4, 0.5) is 0 Å². The number of methoxy groups -OCH3 is 2. The molecule has 1 N–H and O–H groups in total. The number of hydrogen-bond donors (Lipinski definition) is 1. The zero-order chi connectivity index (χ0) is 20.9. The molecule has 1 aliphatic heterocycles. The van der Waals surface area contributed by atoms with Crippen LogP contribution >= 0.6 is 0 Å². The van der Waals surface area contributed by atoms with Gasteiger partial charge < -0.3 is 14.4 Å². The number of aromatic amines is 1. The van der Waals surface area contributed by atoms with Crippen molar-refractivity contribution in [2.45, 2.75) is 31.7 Å². The number of carbonyl (C=O) groups is 1. The van der Waals surface area contributed by atoms with Crippen molar-refractivity contribution in [3.63, 3.8) is 0 Å². The Bertz CT molecular complexity index is 1000. The van der Waals surface area contributed by atoms with Crippen LogP contribution in [0.15, 0.2) is 48.9 Å². The smallest absolute Gasteiger partial charge is 0.227 e. The number of H-pyrrole nitrogens is 1. The highest BCUT2D eigenvalue weighted by molar-refractivity contribution is 5.80. The minimum absolute atomic E-state index is 0.0166. The van der Waals surface area contributed by atoms with Gasteiger partial charge in [-0.25, -0.2) is 0 Å². The molecule has 1 atom stereocenters. The monoisotopic (exact) mass is 406 g/mol. The van der Waals surface area contributed by atoms with E-state index in [4.69, 9.17) is 9.47 Å². The number of nitrogens with zero attached hydrogens (tertiary/aromatic N) is 3. The van der Waals surface area contributed by atoms with E-state index in [1.165, 1.54) is 0 Å². The molecule has 7 nitrogen and oxygen atoms in total. The largest absolute Gasteiger partial charge is 0.493 e. The molecule has 1 fully saturated rings. The first kappa shape index (κ1) is 19.9. The molecule has 0 saturated carbocycles. The summed E-state index contributed by atoms with van der Waals surface area (Å²) in [4.78, 5) is 19.4. The third kappa shape index (κ3) is 4.01. The van der Waals surface area contributed by atoms with E-state index in [0.717, 1.165) is 48.2 Å². The lowest BCUT2D eigenvalue weighted by Gasteiger charge is -2.36. The molecule has 1 aromatic carbocycles. The Kier molecular flexibility index (Phi) is 5.97. The Labute approximate surface area is 176 Å². The van der Waals surface area contributed by atoms with E-state index in [9.17, 15) is 4.79 Å². The number of benzene rings is 1. The van der Waals surface area contributed by atoms with Gasteiger partial charge in [0.15, 0.2) is 11.5 Å². The van der Waals surface area contributed by atoms with Gasteiger partial charge in [-0.15, -0.1) is 0 Å². The van der Waals surface area contributed by atoms with Crippen LogP contribution in [0, 0.1) is 0 Å². The summed E-state index contributed by atoms with van der Waals surface area (Å²) >= 11 is 0. The lowest BCUT2D eigenvalue weighted by Crippen LogP contribution is -2.39. The Morgan fingerprint density at radius 1 is 1.13 bits per heavy atom. The van der Waals surface area contributed by atoms with E-state index in [2.05, 4.69) is 15.2 Å². The SMILES string of the molecule is COc1ccc(CC(=O)N2CCCC[C@@H]2c2[nH]ncc2-c2ccncc2)cc1OC. The standard InChI is InChI=1S/C23H26N4O3/c1-29-20-7-6-16(13-21(20)30-2)14-22(28)27-12-4-3-5-19(27)23-18(15-25-26-23)17-8-10-24-11-9-17/h6-11,13,15,19H,3-5,12,14H2,1-2H3,(H,25,26)/t19-/m1/s1. The van der Waals surface area contributed by atoms with Crippen LogP contribution in [-0.2, 0) is 11.2 Å². The fourth-order valence-corrected chi connectivity index (χ4v) is 4.11. The molecule has 0 spiro atoms. The molecular formula is C23H26N4O3. The third-order valence-corrected chi connectivity index (χ3v) is 5.62. The predicted molar refractivity (Wildman–Crippen MR) is 113 cm³/mol. The number of pyridine rings is 1. The van der Waals surface area contributed by atoms with Gasteiger partial charge in [0.2, 0.25) is 5.91 Å². The average Bonchev–Trinajstić information content (AvgIpc) is 3.29. The summed E-state index contributed by atoms with van der Waals surface area (Å²) < 4.78 is 10.7. The molecule has 3 aromatic rings. The molecule has 1 amide bonds. The number of likely N-dealkylation sites (tertiary alicyclic amines) is 1. The third-order valence-electron chi connectivity index (χ3n) is 5.62. The lowest BCUT2D eigenvalue weighted by atomic mass is 9.94. The highest BCUT2D eigenvalue weighted by Gasteiger charge is 2.31. The fourth-order valence-electron chi connectivity index (χ4n) is 4.11. The molecule has 156 valence electrons. The number of rotatable bonds is 6. The van der Waals surface area contributed by atoms with Crippen molar-refractivity contribution in [1.82, 2.24) is 20.1 Å². The Hall–Kier alpha value is -3.35. The number of ether oxygens (including phenoxy) is 2. The second-order valence-corrected chi connectivity index (χ2v) is 7.40. The van der Waals surface area contributed by atoms with Crippen molar-refractivity contribution in [2.24, 2.45) is 0 Å².